The maximum absolute atomic E-state index is 12.4. The van der Waals surface area contributed by atoms with Gasteiger partial charge in [0.1, 0.15) is 18.7 Å². The molecule has 2 amide bonds. The number of esters is 1. The molecule has 2 aliphatic heterocycles. The lowest BCUT2D eigenvalue weighted by molar-refractivity contribution is -0.150. The Morgan fingerprint density at radius 1 is 1.10 bits per heavy atom. The van der Waals surface area contributed by atoms with E-state index in [4.69, 9.17) is 10.5 Å². The summed E-state index contributed by atoms with van der Waals surface area (Å²) in [5.41, 5.74) is 8.10. The quantitative estimate of drug-likeness (QED) is 0.233. The van der Waals surface area contributed by atoms with Crippen molar-refractivity contribution in [1.82, 2.24) is 20.4 Å². The van der Waals surface area contributed by atoms with Gasteiger partial charge in [-0.05, 0) is 24.0 Å². The number of hydrogen-bond acceptors (Lipinski definition) is 8. The molecule has 2 aromatic rings. The minimum absolute atomic E-state index is 0.0425. The molecule has 0 bridgehead atoms. The number of nitrogens with one attached hydrogen (secondary N) is 2. The van der Waals surface area contributed by atoms with Crippen LogP contribution in [0.25, 0.3) is 0 Å². The van der Waals surface area contributed by atoms with E-state index in [-0.39, 0.29) is 30.9 Å². The third-order valence-corrected chi connectivity index (χ3v) is 7.06. The van der Waals surface area contributed by atoms with Crippen LogP contribution in [0.4, 0.5) is 0 Å². The first-order valence-corrected chi connectivity index (χ1v) is 14.2. The van der Waals surface area contributed by atoms with Crippen LogP contribution in [0.15, 0.2) is 73.3 Å². The Labute approximate surface area is 242 Å². The Kier molecular flexibility index (Phi) is 13.0. The number of aliphatic hydroxyl groups is 1. The van der Waals surface area contributed by atoms with Crippen molar-refractivity contribution in [3.8, 4) is 0 Å². The van der Waals surface area contributed by atoms with Crippen LogP contribution in [0.2, 0.25) is 0 Å². The minimum atomic E-state index is -0.877. The normalized spacial score (nSPS) is 19.7. The highest BCUT2D eigenvalue weighted by Gasteiger charge is 2.36. The fourth-order valence-corrected chi connectivity index (χ4v) is 4.87. The molecule has 0 saturated carbocycles. The van der Waals surface area contributed by atoms with Gasteiger partial charge in [0.2, 0.25) is 11.8 Å². The predicted molar refractivity (Wildman–Crippen MR) is 158 cm³/mol. The lowest BCUT2D eigenvalue weighted by Crippen LogP contribution is -2.63. The smallest absolute Gasteiger partial charge is 0.327 e. The Hall–Kier alpha value is -3.57. The maximum Gasteiger partial charge on any atom is 0.327 e. The van der Waals surface area contributed by atoms with E-state index < -0.39 is 24.2 Å². The van der Waals surface area contributed by atoms with Gasteiger partial charge in [-0.15, -0.1) is 6.58 Å². The van der Waals surface area contributed by atoms with Crippen molar-refractivity contribution in [2.45, 2.75) is 50.6 Å². The zero-order chi connectivity index (χ0) is 29.6. The minimum Gasteiger partial charge on any atom is -0.459 e. The number of amides is 2. The lowest BCUT2D eigenvalue weighted by atomic mass is 9.95. The van der Waals surface area contributed by atoms with Crippen molar-refractivity contribution in [1.29, 1.82) is 0 Å². The van der Waals surface area contributed by atoms with Crippen LogP contribution in [0.1, 0.15) is 24.5 Å². The molecule has 2 saturated heterocycles. The highest BCUT2D eigenvalue weighted by atomic mass is 16.5. The summed E-state index contributed by atoms with van der Waals surface area (Å²) in [7, 11) is 0. The summed E-state index contributed by atoms with van der Waals surface area (Å²) >= 11 is 0. The highest BCUT2D eigenvalue weighted by Crippen LogP contribution is 2.12. The highest BCUT2D eigenvalue weighted by molar-refractivity contribution is 5.83. The molecule has 4 atom stereocenters. The number of nitrogens with two attached hydrogens (primary N) is 1. The van der Waals surface area contributed by atoms with Gasteiger partial charge in [0.25, 0.3) is 0 Å². The molecule has 4 unspecified atom stereocenters. The largest absolute Gasteiger partial charge is 0.459 e. The molecular formula is C31H43N5O5. The Morgan fingerprint density at radius 2 is 1.76 bits per heavy atom. The second kappa shape index (κ2) is 16.6. The van der Waals surface area contributed by atoms with Crippen LogP contribution in [-0.4, -0.2) is 96.2 Å². The van der Waals surface area contributed by atoms with Crippen LogP contribution in [0, 0.1) is 0 Å². The van der Waals surface area contributed by atoms with Crippen LogP contribution < -0.4 is 16.4 Å². The Morgan fingerprint density at radius 3 is 2.37 bits per heavy atom. The fraction of sp³-hybridized carbons (Fsp3) is 0.452. The third kappa shape index (κ3) is 9.79. The number of benzene rings is 2. The molecule has 2 fully saturated rings. The van der Waals surface area contributed by atoms with E-state index in [0.717, 1.165) is 24.1 Å². The number of ether oxygens (including phenoxy) is 1. The average molecular weight is 566 g/mol. The van der Waals surface area contributed by atoms with Gasteiger partial charge in [-0.25, -0.2) is 4.79 Å². The number of aliphatic hydroxyl groups excluding tert-OH is 1. The van der Waals surface area contributed by atoms with E-state index in [0.29, 0.717) is 32.6 Å². The van der Waals surface area contributed by atoms with Crippen molar-refractivity contribution in [3.63, 3.8) is 0 Å². The topological polar surface area (TPSA) is 137 Å². The summed E-state index contributed by atoms with van der Waals surface area (Å²) in [5.74, 6) is -0.503. The Balaban J connectivity index is 0.000000226. The monoisotopic (exact) mass is 565 g/mol. The summed E-state index contributed by atoms with van der Waals surface area (Å²) in [5, 5.41) is 16.2. The molecule has 0 aliphatic carbocycles. The van der Waals surface area contributed by atoms with E-state index in [1.807, 2.05) is 67.6 Å². The number of carbonyl (C=O) groups is 3. The number of piperazine rings is 2. The van der Waals surface area contributed by atoms with Crippen LogP contribution in [0.5, 0.6) is 0 Å². The van der Waals surface area contributed by atoms with Gasteiger partial charge in [0.05, 0.1) is 12.6 Å². The van der Waals surface area contributed by atoms with E-state index >= 15 is 0 Å². The lowest BCUT2D eigenvalue weighted by Gasteiger charge is -2.36. The molecule has 2 heterocycles. The first kappa shape index (κ1) is 32.0. The molecule has 2 aromatic carbocycles. The van der Waals surface area contributed by atoms with Crippen molar-refractivity contribution >= 4 is 17.8 Å². The second-order valence-corrected chi connectivity index (χ2v) is 10.2. The molecule has 10 nitrogen and oxygen atoms in total. The number of hydrogen-bond donors (Lipinski definition) is 4. The zero-order valence-corrected chi connectivity index (χ0v) is 23.8. The van der Waals surface area contributed by atoms with E-state index in [2.05, 4.69) is 17.2 Å². The fourth-order valence-electron chi connectivity index (χ4n) is 4.87. The molecule has 10 heteroatoms. The summed E-state index contributed by atoms with van der Waals surface area (Å²) in [6, 6.07) is 17.6. The molecule has 4 rings (SSSR count). The predicted octanol–water partition coefficient (Wildman–Crippen LogP) is 0.844. The molecular weight excluding hydrogens is 522 g/mol. The van der Waals surface area contributed by atoms with E-state index in [1.54, 1.807) is 9.80 Å². The molecule has 222 valence electrons. The average Bonchev–Trinajstić information content (AvgIpc) is 2.99. The first-order chi connectivity index (χ1) is 19.8. The second-order valence-electron chi connectivity index (χ2n) is 10.2. The maximum atomic E-state index is 12.4. The molecule has 0 aromatic heterocycles. The van der Waals surface area contributed by atoms with E-state index in [1.165, 1.54) is 6.08 Å². The summed E-state index contributed by atoms with van der Waals surface area (Å²) in [6.45, 7) is 9.41. The molecule has 5 N–H and O–H groups in total. The summed E-state index contributed by atoms with van der Waals surface area (Å²) in [6.07, 6.45) is 2.12. The van der Waals surface area contributed by atoms with Gasteiger partial charge in [-0.2, -0.15) is 0 Å². The SMILES string of the molecule is C=CC(C(=O)OCc1ccccc1)N1CCNC(=O)C1.CCCN1CCNC(C(O)C(N)Cc2ccccc2)C1=O. The molecule has 41 heavy (non-hydrogen) atoms. The van der Waals surface area contributed by atoms with Gasteiger partial charge in [-0.1, -0.05) is 73.7 Å². The van der Waals surface area contributed by atoms with E-state index in [9.17, 15) is 19.5 Å². The molecule has 2 aliphatic rings. The summed E-state index contributed by atoms with van der Waals surface area (Å²) < 4.78 is 5.29. The molecule has 0 radical (unpaired) electrons. The summed E-state index contributed by atoms with van der Waals surface area (Å²) in [4.78, 5) is 39.4. The van der Waals surface area contributed by atoms with Crippen molar-refractivity contribution in [2.24, 2.45) is 5.73 Å². The molecule has 0 spiro atoms. The zero-order valence-electron chi connectivity index (χ0n) is 23.8. The van der Waals surface area contributed by atoms with Gasteiger partial charge in [0, 0.05) is 38.8 Å². The van der Waals surface area contributed by atoms with Gasteiger partial charge < -0.3 is 31.1 Å². The third-order valence-electron chi connectivity index (χ3n) is 7.06. The van der Waals surface area contributed by atoms with Crippen molar-refractivity contribution in [3.05, 3.63) is 84.4 Å². The Bertz CT molecular complexity index is 1110. The number of nitrogens with zero attached hydrogens (tertiary/aromatic N) is 2. The first-order valence-electron chi connectivity index (χ1n) is 14.2. The van der Waals surface area contributed by atoms with Gasteiger partial charge >= 0.3 is 5.97 Å². The number of carbonyl (C=O) groups excluding carboxylic acids is 3. The van der Waals surface area contributed by atoms with Crippen LogP contribution >= 0.6 is 0 Å². The standard InChI is InChI=1S/C16H25N3O2.C15H18N2O3/c1-2-9-19-10-8-18-14(16(19)21)15(20)13(17)11-12-6-4-3-5-7-12;1-2-13(17-9-8-16-14(18)10-17)15(19)20-11-12-6-4-3-5-7-12/h3-7,13-15,18,20H,2,8-11,17H2,1H3;2-7,13H,1,8-11H2,(H,16,18). The van der Waals surface area contributed by atoms with Gasteiger partial charge in [0.15, 0.2) is 0 Å². The van der Waals surface area contributed by atoms with Crippen molar-refractivity contribution < 1.29 is 24.2 Å². The number of rotatable bonds is 11. The van der Waals surface area contributed by atoms with Crippen LogP contribution in [0.3, 0.4) is 0 Å². The van der Waals surface area contributed by atoms with Crippen LogP contribution in [-0.2, 0) is 32.1 Å². The van der Waals surface area contributed by atoms with Gasteiger partial charge in [-0.3, -0.25) is 14.5 Å². The van der Waals surface area contributed by atoms with Crippen molar-refractivity contribution in [2.75, 3.05) is 39.3 Å².